The maximum atomic E-state index is 9.42. The molecule has 2 N–H and O–H groups in total. The van der Waals surface area contributed by atoms with E-state index in [4.69, 9.17) is 0 Å². The van der Waals surface area contributed by atoms with Gasteiger partial charge in [0.25, 0.3) is 0 Å². The molecule has 3 heteroatoms. The number of nitrogens with zero attached hydrogens (tertiary/aromatic N) is 1. The number of hydrogen-bond donors (Lipinski definition) is 2. The molecule has 0 saturated heterocycles. The highest BCUT2D eigenvalue weighted by Gasteiger charge is 2.02. The van der Waals surface area contributed by atoms with Gasteiger partial charge in [-0.1, -0.05) is 12.1 Å². The number of aromatic hydroxyl groups is 1. The Morgan fingerprint density at radius 2 is 1.67 bits per heavy atom. The van der Waals surface area contributed by atoms with Crippen molar-refractivity contribution in [3.05, 3.63) is 53.6 Å². The lowest BCUT2D eigenvalue weighted by Crippen LogP contribution is -2.21. The molecule has 0 radical (unpaired) electrons. The molecule has 0 aliphatic rings. The number of aryl methyl sites for hydroxylation is 1. The van der Waals surface area contributed by atoms with Crippen LogP contribution in [0.5, 0.6) is 5.75 Å². The summed E-state index contributed by atoms with van der Waals surface area (Å²) in [5.74, 6) is 0.307. The van der Waals surface area contributed by atoms with Crippen LogP contribution in [0.2, 0.25) is 0 Å². The first-order valence-electron chi connectivity index (χ1n) is 7.51. The summed E-state index contributed by atoms with van der Waals surface area (Å²) in [6, 6.07) is 14.1. The second kappa shape index (κ2) is 7.02. The van der Waals surface area contributed by atoms with Crippen molar-refractivity contribution in [1.29, 1.82) is 0 Å². The van der Waals surface area contributed by atoms with E-state index in [1.165, 1.54) is 11.3 Å². The number of phenolic OH excluding ortho intramolecular Hbond substituents is 1. The van der Waals surface area contributed by atoms with Crippen LogP contribution in [0.25, 0.3) is 0 Å². The largest absolute Gasteiger partial charge is 0.508 e. The van der Waals surface area contributed by atoms with Gasteiger partial charge in [-0.25, -0.2) is 0 Å². The Morgan fingerprint density at radius 3 is 2.24 bits per heavy atom. The molecule has 0 fully saturated rings. The molecule has 0 aromatic heterocycles. The number of nitrogens with one attached hydrogen (secondary N) is 1. The summed E-state index contributed by atoms with van der Waals surface area (Å²) in [6.07, 6.45) is 0. The molecule has 0 unspecified atom stereocenters. The van der Waals surface area contributed by atoms with Gasteiger partial charge in [0.1, 0.15) is 5.75 Å². The van der Waals surface area contributed by atoms with E-state index in [-0.39, 0.29) is 0 Å². The van der Waals surface area contributed by atoms with Crippen molar-refractivity contribution in [3.63, 3.8) is 0 Å². The maximum Gasteiger partial charge on any atom is 0.115 e. The molecule has 21 heavy (non-hydrogen) atoms. The third kappa shape index (κ3) is 3.91. The molecule has 0 aliphatic carbocycles. The summed E-state index contributed by atoms with van der Waals surface area (Å²) in [4.78, 5) is 2.33. The van der Waals surface area contributed by atoms with Gasteiger partial charge < -0.3 is 15.3 Å². The lowest BCUT2D eigenvalue weighted by Gasteiger charge is -2.21. The van der Waals surface area contributed by atoms with Crippen LogP contribution in [0, 0.1) is 6.92 Å². The molecule has 0 heterocycles. The van der Waals surface area contributed by atoms with Crippen LogP contribution in [0.4, 0.5) is 11.4 Å². The third-order valence-electron chi connectivity index (χ3n) is 3.76. The zero-order chi connectivity index (χ0) is 15.2. The van der Waals surface area contributed by atoms with Crippen LogP contribution in [0.15, 0.2) is 42.5 Å². The van der Waals surface area contributed by atoms with Crippen LogP contribution in [0.1, 0.15) is 25.0 Å². The van der Waals surface area contributed by atoms with Crippen LogP contribution >= 0.6 is 0 Å². The highest BCUT2D eigenvalue weighted by molar-refractivity contribution is 5.54. The summed E-state index contributed by atoms with van der Waals surface area (Å²) in [7, 11) is 0. The molecule has 0 bridgehead atoms. The Bertz CT molecular complexity index is 574. The second-order valence-electron chi connectivity index (χ2n) is 5.19. The average Bonchev–Trinajstić information content (AvgIpc) is 2.49. The summed E-state index contributed by atoms with van der Waals surface area (Å²) in [6.45, 7) is 9.18. The van der Waals surface area contributed by atoms with Gasteiger partial charge >= 0.3 is 0 Å². The highest BCUT2D eigenvalue weighted by atomic mass is 16.3. The van der Waals surface area contributed by atoms with Crippen molar-refractivity contribution in [2.45, 2.75) is 27.3 Å². The molecule has 3 nitrogen and oxygen atoms in total. The molecule has 2 aromatic rings. The van der Waals surface area contributed by atoms with Crippen LogP contribution in [0.3, 0.4) is 0 Å². The van der Waals surface area contributed by atoms with Gasteiger partial charge in [-0.15, -0.1) is 0 Å². The van der Waals surface area contributed by atoms with E-state index in [1.807, 2.05) is 13.0 Å². The third-order valence-corrected chi connectivity index (χ3v) is 3.76. The van der Waals surface area contributed by atoms with Gasteiger partial charge in [0.05, 0.1) is 0 Å². The maximum absolute atomic E-state index is 9.42. The molecule has 0 saturated carbocycles. The Labute approximate surface area is 127 Å². The van der Waals surface area contributed by atoms with Gasteiger partial charge in [-0.2, -0.15) is 0 Å². The minimum atomic E-state index is 0.307. The lowest BCUT2D eigenvalue weighted by molar-refractivity contribution is 0.475. The summed E-state index contributed by atoms with van der Waals surface area (Å²) >= 11 is 0. The molecule has 2 aromatic carbocycles. The van der Waals surface area contributed by atoms with Crippen molar-refractivity contribution in [2.24, 2.45) is 0 Å². The van der Waals surface area contributed by atoms with Crippen LogP contribution < -0.4 is 10.2 Å². The number of anilines is 2. The van der Waals surface area contributed by atoms with Gasteiger partial charge in [0.2, 0.25) is 0 Å². The fourth-order valence-corrected chi connectivity index (χ4v) is 2.46. The van der Waals surface area contributed by atoms with E-state index in [9.17, 15) is 5.11 Å². The van der Waals surface area contributed by atoms with Crippen molar-refractivity contribution < 1.29 is 5.11 Å². The predicted octanol–water partition coefficient (Wildman–Crippen LogP) is 4.16. The minimum Gasteiger partial charge on any atom is -0.508 e. The normalized spacial score (nSPS) is 10.4. The topological polar surface area (TPSA) is 35.5 Å². The van der Waals surface area contributed by atoms with E-state index in [0.717, 1.165) is 30.9 Å². The molecule has 0 aliphatic heterocycles. The van der Waals surface area contributed by atoms with Gasteiger partial charge in [-0.05, 0) is 62.2 Å². The molecule has 112 valence electrons. The van der Waals surface area contributed by atoms with Crippen molar-refractivity contribution in [1.82, 2.24) is 0 Å². The zero-order valence-corrected chi connectivity index (χ0v) is 13.1. The van der Waals surface area contributed by atoms with Crippen LogP contribution in [-0.4, -0.2) is 18.2 Å². The van der Waals surface area contributed by atoms with E-state index in [0.29, 0.717) is 5.75 Å². The predicted molar refractivity (Wildman–Crippen MR) is 90.2 cm³/mol. The first kappa shape index (κ1) is 15.2. The zero-order valence-electron chi connectivity index (χ0n) is 13.1. The first-order valence-corrected chi connectivity index (χ1v) is 7.51. The van der Waals surface area contributed by atoms with Crippen LogP contribution in [-0.2, 0) is 6.54 Å². The Kier molecular flexibility index (Phi) is 5.09. The van der Waals surface area contributed by atoms with E-state index in [2.05, 4.69) is 48.3 Å². The minimum absolute atomic E-state index is 0.307. The molecular weight excluding hydrogens is 260 g/mol. The number of benzene rings is 2. The smallest absolute Gasteiger partial charge is 0.115 e. The van der Waals surface area contributed by atoms with E-state index >= 15 is 0 Å². The standard InChI is InChI=1S/C18H24N2O/c1-4-20(5-2)16-8-6-15(7-9-16)13-19-18-11-10-17(21)12-14(18)3/h6-12,19,21H,4-5,13H2,1-3H3. The lowest BCUT2D eigenvalue weighted by atomic mass is 10.1. The fraction of sp³-hybridized carbons (Fsp3) is 0.333. The molecule has 2 rings (SSSR count). The Hall–Kier alpha value is -2.16. The Balaban J connectivity index is 2.00. The summed E-state index contributed by atoms with van der Waals surface area (Å²) in [5.41, 5.74) is 4.62. The molecule has 0 atom stereocenters. The number of rotatable bonds is 6. The van der Waals surface area contributed by atoms with Crippen molar-refractivity contribution in [2.75, 3.05) is 23.3 Å². The second-order valence-corrected chi connectivity index (χ2v) is 5.19. The Morgan fingerprint density at radius 1 is 1.00 bits per heavy atom. The number of hydrogen-bond acceptors (Lipinski definition) is 3. The van der Waals surface area contributed by atoms with Gasteiger partial charge in [0.15, 0.2) is 0 Å². The van der Waals surface area contributed by atoms with Crippen molar-refractivity contribution >= 4 is 11.4 Å². The first-order chi connectivity index (χ1) is 10.1. The van der Waals surface area contributed by atoms with E-state index < -0.39 is 0 Å². The highest BCUT2D eigenvalue weighted by Crippen LogP contribution is 2.21. The molecule has 0 spiro atoms. The number of phenols is 1. The van der Waals surface area contributed by atoms with Gasteiger partial charge in [-0.3, -0.25) is 0 Å². The average molecular weight is 284 g/mol. The molecule has 0 amide bonds. The monoisotopic (exact) mass is 284 g/mol. The van der Waals surface area contributed by atoms with E-state index in [1.54, 1.807) is 12.1 Å². The fourth-order valence-electron chi connectivity index (χ4n) is 2.46. The summed E-state index contributed by atoms with van der Waals surface area (Å²) < 4.78 is 0. The van der Waals surface area contributed by atoms with Gasteiger partial charge in [0, 0.05) is 31.0 Å². The molecular formula is C18H24N2O. The van der Waals surface area contributed by atoms with Crippen molar-refractivity contribution in [3.8, 4) is 5.75 Å². The SMILES string of the molecule is CCN(CC)c1ccc(CNc2ccc(O)cc2C)cc1. The summed E-state index contributed by atoms with van der Waals surface area (Å²) in [5, 5.41) is 12.8. The quantitative estimate of drug-likeness (QED) is 0.782.